The fraction of sp³-hybridized carbons (Fsp3) is 0.429. The lowest BCUT2D eigenvalue weighted by atomic mass is 10.1. The van der Waals surface area contributed by atoms with Gasteiger partial charge in [-0.25, -0.2) is 0 Å². The highest BCUT2D eigenvalue weighted by molar-refractivity contribution is 5.77. The largest absolute Gasteiger partial charge is 0.311 e. The number of fused-ring (bicyclic) bond motifs is 1. The van der Waals surface area contributed by atoms with Crippen LogP contribution in [0, 0.1) is 0 Å². The Hall–Kier alpha value is -1.52. The lowest BCUT2D eigenvalue weighted by Gasteiger charge is -2.14. The van der Waals surface area contributed by atoms with Crippen molar-refractivity contribution in [2.75, 3.05) is 26.7 Å². The first-order chi connectivity index (χ1) is 8.81. The molecule has 0 radical (unpaired) electrons. The van der Waals surface area contributed by atoms with Crippen LogP contribution in [0.1, 0.15) is 12.5 Å². The molecule has 0 unspecified atom stereocenters. The van der Waals surface area contributed by atoms with E-state index in [1.807, 2.05) is 12.1 Å². The summed E-state index contributed by atoms with van der Waals surface area (Å²) in [6.07, 6.45) is 3.48. The van der Waals surface area contributed by atoms with E-state index in [0.717, 1.165) is 37.2 Å². The summed E-state index contributed by atoms with van der Waals surface area (Å²) in [5.41, 5.74) is 3.17. The number of benzene rings is 1. The average Bonchev–Trinajstić information content (AvgIpc) is 2.43. The molecule has 1 aromatic carbocycles. The van der Waals surface area contributed by atoms with Crippen molar-refractivity contribution < 1.29 is 0 Å². The van der Waals surface area contributed by atoms with Gasteiger partial charge in [0.05, 0.1) is 11.0 Å². The minimum Gasteiger partial charge on any atom is -0.311 e. The molecule has 4 nitrogen and oxygen atoms in total. The maximum atomic E-state index is 4.40. The van der Waals surface area contributed by atoms with E-state index in [4.69, 9.17) is 0 Å². The molecule has 1 N–H and O–H groups in total. The topological polar surface area (TPSA) is 41.0 Å². The second-order valence-electron chi connectivity index (χ2n) is 4.41. The molecule has 0 saturated carbocycles. The summed E-state index contributed by atoms with van der Waals surface area (Å²) in [4.78, 5) is 11.0. The average molecular weight is 244 g/mol. The van der Waals surface area contributed by atoms with Crippen LogP contribution in [0.15, 0.2) is 30.6 Å². The van der Waals surface area contributed by atoms with Gasteiger partial charge in [0.2, 0.25) is 0 Å². The zero-order valence-corrected chi connectivity index (χ0v) is 11.1. The van der Waals surface area contributed by atoms with Gasteiger partial charge in [-0.05, 0) is 25.2 Å². The van der Waals surface area contributed by atoms with Crippen LogP contribution in [-0.4, -0.2) is 41.5 Å². The van der Waals surface area contributed by atoms with Gasteiger partial charge >= 0.3 is 0 Å². The monoisotopic (exact) mass is 244 g/mol. The van der Waals surface area contributed by atoms with Crippen LogP contribution in [0.4, 0.5) is 0 Å². The minimum absolute atomic E-state index is 0.841. The first-order valence-corrected chi connectivity index (χ1v) is 6.39. The van der Waals surface area contributed by atoms with Crippen LogP contribution in [0.5, 0.6) is 0 Å². The molecule has 2 aromatic rings. The summed E-state index contributed by atoms with van der Waals surface area (Å²) in [5, 5.41) is 3.45. The second-order valence-corrected chi connectivity index (χ2v) is 4.41. The van der Waals surface area contributed by atoms with Crippen molar-refractivity contribution in [1.29, 1.82) is 0 Å². The van der Waals surface area contributed by atoms with Crippen LogP contribution in [0.2, 0.25) is 0 Å². The van der Waals surface area contributed by atoms with E-state index < -0.39 is 0 Å². The quantitative estimate of drug-likeness (QED) is 0.785. The first-order valence-electron chi connectivity index (χ1n) is 6.39. The molecule has 0 amide bonds. The van der Waals surface area contributed by atoms with E-state index in [1.54, 1.807) is 12.4 Å². The summed E-state index contributed by atoms with van der Waals surface area (Å²) in [6.45, 7) is 6.14. The van der Waals surface area contributed by atoms with Gasteiger partial charge in [-0.3, -0.25) is 9.97 Å². The Labute approximate surface area is 108 Å². The van der Waals surface area contributed by atoms with Crippen molar-refractivity contribution in [2.24, 2.45) is 0 Å². The molecule has 2 rings (SSSR count). The van der Waals surface area contributed by atoms with E-state index in [-0.39, 0.29) is 0 Å². The number of para-hydroxylation sites is 1. The predicted molar refractivity (Wildman–Crippen MR) is 74.4 cm³/mol. The molecule has 0 aliphatic heterocycles. The highest BCUT2D eigenvalue weighted by Crippen LogP contribution is 2.13. The smallest absolute Gasteiger partial charge is 0.0931 e. The van der Waals surface area contributed by atoms with Crippen molar-refractivity contribution in [3.05, 3.63) is 36.2 Å². The Balaban J connectivity index is 1.95. The highest BCUT2D eigenvalue weighted by atomic mass is 15.1. The highest BCUT2D eigenvalue weighted by Gasteiger charge is 2.02. The third-order valence-electron chi connectivity index (χ3n) is 3.11. The van der Waals surface area contributed by atoms with E-state index in [2.05, 4.69) is 40.2 Å². The molecule has 1 heterocycles. The number of nitrogens with one attached hydrogen (secondary N) is 1. The lowest BCUT2D eigenvalue weighted by molar-refractivity contribution is 0.349. The van der Waals surface area contributed by atoms with Gasteiger partial charge in [0.25, 0.3) is 0 Å². The Kier molecular flexibility index (Phi) is 4.61. The van der Waals surface area contributed by atoms with Gasteiger partial charge in [0.1, 0.15) is 0 Å². The first kappa shape index (κ1) is 12.9. The molecule has 0 aliphatic rings. The number of likely N-dealkylation sites (N-methyl/N-ethyl adjacent to an activating group) is 1. The molecule has 0 atom stereocenters. The molecular weight excluding hydrogens is 224 g/mol. The van der Waals surface area contributed by atoms with Gasteiger partial charge in [-0.15, -0.1) is 0 Å². The van der Waals surface area contributed by atoms with E-state index in [1.165, 1.54) is 5.56 Å². The molecule has 18 heavy (non-hydrogen) atoms. The number of aromatic nitrogens is 2. The Morgan fingerprint density at radius 2 is 2.06 bits per heavy atom. The van der Waals surface area contributed by atoms with Gasteiger partial charge in [-0.1, -0.05) is 19.1 Å². The zero-order chi connectivity index (χ0) is 12.8. The van der Waals surface area contributed by atoms with Crippen LogP contribution >= 0.6 is 0 Å². The van der Waals surface area contributed by atoms with Crippen LogP contribution in [-0.2, 0) is 6.54 Å². The van der Waals surface area contributed by atoms with Crippen LogP contribution < -0.4 is 5.32 Å². The number of hydrogen-bond donors (Lipinski definition) is 1. The lowest BCUT2D eigenvalue weighted by Crippen LogP contribution is -2.28. The summed E-state index contributed by atoms with van der Waals surface area (Å²) in [7, 11) is 2.13. The van der Waals surface area contributed by atoms with Crippen molar-refractivity contribution in [3.63, 3.8) is 0 Å². The summed E-state index contributed by atoms with van der Waals surface area (Å²) in [6, 6.07) is 6.14. The molecule has 0 saturated heterocycles. The van der Waals surface area contributed by atoms with E-state index in [9.17, 15) is 0 Å². The number of rotatable bonds is 6. The van der Waals surface area contributed by atoms with Crippen molar-refractivity contribution in [3.8, 4) is 0 Å². The van der Waals surface area contributed by atoms with Crippen molar-refractivity contribution >= 4 is 11.0 Å². The van der Waals surface area contributed by atoms with Gasteiger partial charge in [0, 0.05) is 32.0 Å². The molecule has 0 fully saturated rings. The molecular formula is C14H20N4. The Morgan fingerprint density at radius 1 is 1.22 bits per heavy atom. The second kappa shape index (κ2) is 6.42. The minimum atomic E-state index is 0.841. The molecule has 96 valence electrons. The summed E-state index contributed by atoms with van der Waals surface area (Å²) in [5.74, 6) is 0. The summed E-state index contributed by atoms with van der Waals surface area (Å²) < 4.78 is 0. The molecule has 4 heteroatoms. The molecule has 0 aliphatic carbocycles. The fourth-order valence-corrected chi connectivity index (χ4v) is 1.85. The molecule has 0 spiro atoms. The van der Waals surface area contributed by atoms with Crippen LogP contribution in [0.25, 0.3) is 11.0 Å². The molecule has 1 aromatic heterocycles. The molecule has 0 bridgehead atoms. The third kappa shape index (κ3) is 3.24. The summed E-state index contributed by atoms with van der Waals surface area (Å²) >= 11 is 0. The van der Waals surface area contributed by atoms with Gasteiger partial charge in [-0.2, -0.15) is 0 Å². The maximum absolute atomic E-state index is 4.40. The SMILES string of the molecule is CCN(C)CCNCc1cccc2nccnc12. The van der Waals surface area contributed by atoms with Gasteiger partial charge in [0.15, 0.2) is 0 Å². The number of hydrogen-bond acceptors (Lipinski definition) is 4. The van der Waals surface area contributed by atoms with E-state index in [0.29, 0.717) is 0 Å². The fourth-order valence-electron chi connectivity index (χ4n) is 1.85. The standard InChI is InChI=1S/C14H20N4/c1-3-18(2)10-9-15-11-12-5-4-6-13-14(12)17-8-7-16-13/h4-8,15H,3,9-11H2,1-2H3. The van der Waals surface area contributed by atoms with E-state index >= 15 is 0 Å². The third-order valence-corrected chi connectivity index (χ3v) is 3.11. The van der Waals surface area contributed by atoms with Crippen molar-refractivity contribution in [1.82, 2.24) is 20.2 Å². The Bertz CT molecular complexity index is 493. The predicted octanol–water partition coefficient (Wildman–Crippen LogP) is 1.67. The number of nitrogens with zero attached hydrogens (tertiary/aromatic N) is 3. The Morgan fingerprint density at radius 3 is 2.89 bits per heavy atom. The zero-order valence-electron chi connectivity index (χ0n) is 11.1. The van der Waals surface area contributed by atoms with Gasteiger partial charge < -0.3 is 10.2 Å². The maximum Gasteiger partial charge on any atom is 0.0931 e. The van der Waals surface area contributed by atoms with Crippen molar-refractivity contribution in [2.45, 2.75) is 13.5 Å². The normalized spacial score (nSPS) is 11.3. The van der Waals surface area contributed by atoms with Crippen LogP contribution in [0.3, 0.4) is 0 Å².